The zero-order valence-corrected chi connectivity index (χ0v) is 16.8. The molecule has 1 aromatic heterocycles. The first-order chi connectivity index (χ1) is 12.9. The number of amides is 1. The Bertz CT molecular complexity index is 826. The monoisotopic (exact) mass is 386 g/mol. The Balaban J connectivity index is 1.76. The van der Waals surface area contributed by atoms with Crippen LogP contribution >= 0.6 is 11.3 Å². The first kappa shape index (κ1) is 19.5. The fourth-order valence-corrected chi connectivity index (χ4v) is 4.52. The van der Waals surface area contributed by atoms with Crippen LogP contribution in [0.15, 0.2) is 24.3 Å². The number of nitrogens with zero attached hydrogens (tertiary/aromatic N) is 1. The number of hydrogen-bond donors (Lipinski definition) is 2. The minimum absolute atomic E-state index is 0.224. The number of rotatable bonds is 5. The lowest BCUT2D eigenvalue weighted by Gasteiger charge is -2.26. The average molecular weight is 387 g/mol. The van der Waals surface area contributed by atoms with Gasteiger partial charge in [-0.1, -0.05) is 51.0 Å². The number of carbonyl (C=O) groups is 2. The first-order valence-electron chi connectivity index (χ1n) is 9.48. The molecule has 27 heavy (non-hydrogen) atoms. The van der Waals surface area contributed by atoms with Crippen LogP contribution in [0.4, 0.5) is 5.13 Å². The minimum Gasteiger partial charge on any atom is -0.481 e. The molecule has 5 nitrogen and oxygen atoms in total. The number of aryl methyl sites for hydroxylation is 1. The number of aliphatic carboxylic acids is 1. The van der Waals surface area contributed by atoms with Gasteiger partial charge in [0.05, 0.1) is 17.5 Å². The second-order valence-electron chi connectivity index (χ2n) is 7.53. The van der Waals surface area contributed by atoms with Crippen molar-refractivity contribution in [1.82, 2.24) is 4.98 Å². The number of thiazole rings is 1. The summed E-state index contributed by atoms with van der Waals surface area (Å²) < 4.78 is 0. The van der Waals surface area contributed by atoms with E-state index in [-0.39, 0.29) is 5.91 Å². The number of carboxylic acid groups (broad SMARTS) is 1. The highest BCUT2D eigenvalue weighted by Crippen LogP contribution is 2.34. The molecule has 0 spiro atoms. The summed E-state index contributed by atoms with van der Waals surface area (Å²) in [6.45, 7) is 6.30. The molecular weight excluding hydrogens is 360 g/mol. The van der Waals surface area contributed by atoms with Crippen molar-refractivity contribution in [2.75, 3.05) is 5.32 Å². The van der Waals surface area contributed by atoms with Crippen molar-refractivity contribution in [3.8, 4) is 11.3 Å². The zero-order valence-electron chi connectivity index (χ0n) is 16.0. The van der Waals surface area contributed by atoms with Gasteiger partial charge in [-0.15, -0.1) is 11.3 Å². The summed E-state index contributed by atoms with van der Waals surface area (Å²) >= 11 is 1.43. The van der Waals surface area contributed by atoms with Crippen molar-refractivity contribution in [3.63, 3.8) is 0 Å². The third kappa shape index (κ3) is 4.38. The Kier molecular flexibility index (Phi) is 5.95. The van der Waals surface area contributed by atoms with Gasteiger partial charge in [0.25, 0.3) is 0 Å². The van der Waals surface area contributed by atoms with Crippen LogP contribution in [-0.2, 0) is 9.59 Å². The van der Waals surface area contributed by atoms with E-state index in [0.29, 0.717) is 23.9 Å². The molecule has 0 unspecified atom stereocenters. The first-order valence-corrected chi connectivity index (χ1v) is 10.3. The summed E-state index contributed by atoms with van der Waals surface area (Å²) in [5.74, 6) is -1.70. The Morgan fingerprint density at radius 1 is 1.15 bits per heavy atom. The topological polar surface area (TPSA) is 79.3 Å². The molecule has 2 atom stereocenters. The molecule has 144 valence electrons. The normalized spacial score (nSPS) is 19.9. The predicted molar refractivity (Wildman–Crippen MR) is 108 cm³/mol. The van der Waals surface area contributed by atoms with E-state index >= 15 is 0 Å². The van der Waals surface area contributed by atoms with E-state index < -0.39 is 17.8 Å². The lowest BCUT2D eigenvalue weighted by atomic mass is 9.79. The fourth-order valence-electron chi connectivity index (χ4n) is 3.68. The molecule has 0 aliphatic heterocycles. The van der Waals surface area contributed by atoms with Crippen molar-refractivity contribution in [3.05, 3.63) is 34.7 Å². The largest absolute Gasteiger partial charge is 0.481 e. The summed E-state index contributed by atoms with van der Waals surface area (Å²) in [6, 6.07) is 8.34. The van der Waals surface area contributed by atoms with Crippen molar-refractivity contribution in [2.45, 2.75) is 52.4 Å². The molecule has 1 fully saturated rings. The van der Waals surface area contributed by atoms with Crippen LogP contribution in [0.3, 0.4) is 0 Å². The van der Waals surface area contributed by atoms with E-state index in [0.717, 1.165) is 29.0 Å². The molecule has 2 N–H and O–H groups in total. The van der Waals surface area contributed by atoms with Crippen LogP contribution in [0.2, 0.25) is 0 Å². The van der Waals surface area contributed by atoms with Gasteiger partial charge in [-0.2, -0.15) is 0 Å². The predicted octanol–water partition coefficient (Wildman–Crippen LogP) is 5.07. The molecule has 1 aliphatic rings. The summed E-state index contributed by atoms with van der Waals surface area (Å²) in [6.07, 6.45) is 2.95. The van der Waals surface area contributed by atoms with Gasteiger partial charge in [0, 0.05) is 10.4 Å². The number of nitrogens with one attached hydrogen (secondary N) is 1. The molecule has 6 heteroatoms. The third-order valence-electron chi connectivity index (χ3n) is 5.30. The highest BCUT2D eigenvalue weighted by molar-refractivity contribution is 7.16. The van der Waals surface area contributed by atoms with E-state index in [2.05, 4.69) is 48.4 Å². The highest BCUT2D eigenvalue weighted by Gasteiger charge is 2.36. The lowest BCUT2D eigenvalue weighted by Crippen LogP contribution is -2.36. The maximum atomic E-state index is 12.7. The standard InChI is InChI=1S/C21H26N2O3S/c1-12(2)14-8-10-15(11-9-14)18-13(3)27-21(22-18)23-19(24)16-6-4-5-7-17(16)20(25)26/h8-12,16-17H,4-7H2,1-3H3,(H,25,26)(H,22,23,24)/t16-,17-/m0/s1. The van der Waals surface area contributed by atoms with Gasteiger partial charge < -0.3 is 10.4 Å². The number of hydrogen-bond acceptors (Lipinski definition) is 4. The number of anilines is 1. The van der Waals surface area contributed by atoms with Crippen molar-refractivity contribution >= 4 is 28.3 Å². The Morgan fingerprint density at radius 2 is 1.78 bits per heavy atom. The average Bonchev–Trinajstić information content (AvgIpc) is 3.01. The molecule has 0 saturated heterocycles. The van der Waals surface area contributed by atoms with Gasteiger partial charge in [0.1, 0.15) is 0 Å². The van der Waals surface area contributed by atoms with E-state index in [1.54, 1.807) is 0 Å². The Labute approximate surface area is 163 Å². The number of carbonyl (C=O) groups excluding carboxylic acids is 1. The summed E-state index contributed by atoms with van der Waals surface area (Å²) in [5.41, 5.74) is 3.16. The van der Waals surface area contributed by atoms with Crippen molar-refractivity contribution in [1.29, 1.82) is 0 Å². The van der Waals surface area contributed by atoms with Gasteiger partial charge in [-0.3, -0.25) is 9.59 Å². The number of carboxylic acids is 1. The van der Waals surface area contributed by atoms with Crippen LogP contribution < -0.4 is 5.32 Å². The van der Waals surface area contributed by atoms with Gasteiger partial charge >= 0.3 is 5.97 Å². The summed E-state index contributed by atoms with van der Waals surface area (Å²) in [4.78, 5) is 29.7. The number of aromatic nitrogens is 1. The summed E-state index contributed by atoms with van der Waals surface area (Å²) in [5, 5.41) is 12.8. The van der Waals surface area contributed by atoms with E-state index in [9.17, 15) is 14.7 Å². The van der Waals surface area contributed by atoms with Crippen LogP contribution in [0.5, 0.6) is 0 Å². The van der Waals surface area contributed by atoms with E-state index in [1.165, 1.54) is 16.9 Å². The Hall–Kier alpha value is -2.21. The van der Waals surface area contributed by atoms with Crippen LogP contribution in [0, 0.1) is 18.8 Å². The second kappa shape index (κ2) is 8.21. The summed E-state index contributed by atoms with van der Waals surface area (Å²) in [7, 11) is 0. The van der Waals surface area contributed by atoms with Crippen LogP contribution in [0.25, 0.3) is 11.3 Å². The molecule has 0 bridgehead atoms. The molecule has 1 aliphatic carbocycles. The van der Waals surface area contributed by atoms with Crippen molar-refractivity contribution in [2.24, 2.45) is 11.8 Å². The maximum absolute atomic E-state index is 12.7. The number of benzene rings is 1. The molecule has 1 saturated carbocycles. The van der Waals surface area contributed by atoms with Gasteiger partial charge in [-0.25, -0.2) is 4.98 Å². The minimum atomic E-state index is -0.879. The van der Waals surface area contributed by atoms with E-state index in [4.69, 9.17) is 0 Å². The molecule has 1 heterocycles. The molecule has 2 aromatic rings. The van der Waals surface area contributed by atoms with Crippen molar-refractivity contribution < 1.29 is 14.7 Å². The maximum Gasteiger partial charge on any atom is 0.307 e. The Morgan fingerprint density at radius 3 is 2.37 bits per heavy atom. The molecule has 3 rings (SSSR count). The highest BCUT2D eigenvalue weighted by atomic mass is 32.1. The van der Waals surface area contributed by atoms with Gasteiger partial charge in [0.2, 0.25) is 5.91 Å². The smallest absolute Gasteiger partial charge is 0.307 e. The van der Waals surface area contributed by atoms with Crippen LogP contribution in [0.1, 0.15) is 55.9 Å². The molecule has 1 amide bonds. The second-order valence-corrected chi connectivity index (χ2v) is 8.73. The SMILES string of the molecule is Cc1sc(NC(=O)[C@H]2CCCC[C@@H]2C(=O)O)nc1-c1ccc(C(C)C)cc1. The fraction of sp³-hybridized carbons (Fsp3) is 0.476. The van der Waals surface area contributed by atoms with Gasteiger partial charge in [-0.05, 0) is 31.2 Å². The van der Waals surface area contributed by atoms with Gasteiger partial charge in [0.15, 0.2) is 5.13 Å². The molecular formula is C21H26N2O3S. The zero-order chi connectivity index (χ0) is 19.6. The van der Waals surface area contributed by atoms with E-state index in [1.807, 2.05) is 6.92 Å². The third-order valence-corrected chi connectivity index (χ3v) is 6.18. The van der Waals surface area contributed by atoms with Crippen LogP contribution in [-0.4, -0.2) is 22.0 Å². The lowest BCUT2D eigenvalue weighted by molar-refractivity contribution is -0.147. The molecule has 0 radical (unpaired) electrons. The molecule has 1 aromatic carbocycles. The quantitative estimate of drug-likeness (QED) is 0.752.